The summed E-state index contributed by atoms with van der Waals surface area (Å²) in [6, 6.07) is 10.3. The van der Waals surface area contributed by atoms with Crippen molar-refractivity contribution in [2.24, 2.45) is 0 Å². The van der Waals surface area contributed by atoms with Crippen LogP contribution >= 0.6 is 11.3 Å². The van der Waals surface area contributed by atoms with E-state index in [0.29, 0.717) is 0 Å². The number of imidazole rings is 1. The molecule has 19 heavy (non-hydrogen) atoms. The van der Waals surface area contributed by atoms with Crippen LogP contribution in [0.4, 0.5) is 5.00 Å². The maximum atomic E-state index is 6.07. The zero-order valence-corrected chi connectivity index (χ0v) is 12.2. The van der Waals surface area contributed by atoms with E-state index in [2.05, 4.69) is 31.4 Å². The van der Waals surface area contributed by atoms with E-state index in [1.165, 1.54) is 0 Å². The van der Waals surface area contributed by atoms with E-state index in [1.807, 2.05) is 29.6 Å². The molecule has 0 bridgehead atoms. The molecule has 0 unspecified atom stereocenters. The minimum atomic E-state index is -0.0419. The van der Waals surface area contributed by atoms with E-state index in [0.717, 1.165) is 27.4 Å². The maximum Gasteiger partial charge on any atom is 0.144 e. The summed E-state index contributed by atoms with van der Waals surface area (Å²) in [6.07, 6.45) is 0. The number of nitrogen functional groups attached to an aromatic ring is 1. The Hall–Kier alpha value is -1.81. The lowest BCUT2D eigenvalue weighted by molar-refractivity contribution is 0.413. The summed E-state index contributed by atoms with van der Waals surface area (Å²) in [5.41, 5.74) is 9.21. The molecule has 2 N–H and O–H groups in total. The molecule has 3 aromatic rings. The van der Waals surface area contributed by atoms with Crippen molar-refractivity contribution in [2.75, 3.05) is 5.73 Å². The van der Waals surface area contributed by atoms with Gasteiger partial charge in [0.05, 0.1) is 21.6 Å². The molecule has 0 saturated carbocycles. The molecule has 0 atom stereocenters. The maximum absolute atomic E-state index is 6.07. The summed E-state index contributed by atoms with van der Waals surface area (Å²) in [4.78, 5) is 4.77. The van der Waals surface area contributed by atoms with E-state index in [-0.39, 0.29) is 5.54 Å². The molecular formula is C15H17N3S. The molecule has 3 rings (SSSR count). The van der Waals surface area contributed by atoms with Gasteiger partial charge < -0.3 is 10.3 Å². The summed E-state index contributed by atoms with van der Waals surface area (Å²) >= 11 is 1.55. The number of nitrogens with zero attached hydrogens (tertiary/aromatic N) is 2. The fraction of sp³-hybridized carbons (Fsp3) is 0.267. The Morgan fingerprint density at radius 1 is 1.16 bits per heavy atom. The molecule has 1 aromatic carbocycles. The van der Waals surface area contributed by atoms with E-state index < -0.39 is 0 Å². The third kappa shape index (κ3) is 1.92. The highest BCUT2D eigenvalue weighted by Gasteiger charge is 2.23. The van der Waals surface area contributed by atoms with Crippen LogP contribution in [0.1, 0.15) is 20.8 Å². The van der Waals surface area contributed by atoms with Crippen LogP contribution in [0.5, 0.6) is 0 Å². The lowest BCUT2D eigenvalue weighted by Gasteiger charge is -2.24. The van der Waals surface area contributed by atoms with E-state index in [4.69, 9.17) is 10.7 Å². The van der Waals surface area contributed by atoms with Crippen LogP contribution in [0, 0.1) is 0 Å². The molecule has 0 spiro atoms. The Kier molecular flexibility index (Phi) is 2.64. The van der Waals surface area contributed by atoms with Crippen LogP contribution in [0.15, 0.2) is 35.7 Å². The monoisotopic (exact) mass is 271 g/mol. The molecule has 0 amide bonds. The van der Waals surface area contributed by atoms with Gasteiger partial charge in [-0.3, -0.25) is 0 Å². The largest absolute Gasteiger partial charge is 0.390 e. The second-order valence-electron chi connectivity index (χ2n) is 5.63. The number of thiophene rings is 1. The fourth-order valence-corrected chi connectivity index (χ4v) is 3.03. The first kappa shape index (κ1) is 12.2. The Morgan fingerprint density at radius 3 is 2.53 bits per heavy atom. The van der Waals surface area contributed by atoms with Gasteiger partial charge in [-0.1, -0.05) is 12.1 Å². The highest BCUT2D eigenvalue weighted by molar-refractivity contribution is 7.14. The number of nitrogens with two attached hydrogens (primary N) is 1. The Labute approximate surface area is 116 Å². The van der Waals surface area contributed by atoms with Gasteiger partial charge in [0, 0.05) is 5.54 Å². The topological polar surface area (TPSA) is 43.8 Å². The van der Waals surface area contributed by atoms with Gasteiger partial charge in [-0.2, -0.15) is 0 Å². The summed E-state index contributed by atoms with van der Waals surface area (Å²) < 4.78 is 2.26. The van der Waals surface area contributed by atoms with Gasteiger partial charge >= 0.3 is 0 Å². The van der Waals surface area contributed by atoms with E-state index in [1.54, 1.807) is 11.3 Å². The van der Waals surface area contributed by atoms with Crippen LogP contribution in [0.3, 0.4) is 0 Å². The quantitative estimate of drug-likeness (QED) is 0.724. The van der Waals surface area contributed by atoms with Gasteiger partial charge in [0.25, 0.3) is 0 Å². The molecule has 98 valence electrons. The van der Waals surface area contributed by atoms with Crippen LogP contribution in [-0.2, 0) is 5.54 Å². The van der Waals surface area contributed by atoms with Crippen molar-refractivity contribution in [3.05, 3.63) is 35.7 Å². The highest BCUT2D eigenvalue weighted by atomic mass is 32.1. The van der Waals surface area contributed by atoms with Crippen LogP contribution < -0.4 is 5.73 Å². The number of benzene rings is 1. The lowest BCUT2D eigenvalue weighted by Crippen LogP contribution is -2.22. The Bertz CT molecular complexity index is 731. The lowest BCUT2D eigenvalue weighted by atomic mass is 10.1. The number of fused-ring (bicyclic) bond motifs is 1. The van der Waals surface area contributed by atoms with Crippen LogP contribution in [0.25, 0.3) is 22.4 Å². The molecule has 3 nitrogen and oxygen atoms in total. The van der Waals surface area contributed by atoms with Gasteiger partial charge in [-0.25, -0.2) is 4.98 Å². The van der Waals surface area contributed by atoms with Gasteiger partial charge in [-0.15, -0.1) is 11.3 Å². The number of hydrogen-bond acceptors (Lipinski definition) is 3. The van der Waals surface area contributed by atoms with Gasteiger partial charge in [0.15, 0.2) is 0 Å². The minimum Gasteiger partial charge on any atom is -0.390 e. The van der Waals surface area contributed by atoms with Gasteiger partial charge in [0.2, 0.25) is 0 Å². The first-order valence-electron chi connectivity index (χ1n) is 6.30. The van der Waals surface area contributed by atoms with Crippen LogP contribution in [0.2, 0.25) is 0 Å². The van der Waals surface area contributed by atoms with Crippen molar-refractivity contribution in [1.82, 2.24) is 9.55 Å². The first-order valence-corrected chi connectivity index (χ1v) is 7.18. The number of anilines is 1. The molecule has 0 fully saturated rings. The van der Waals surface area contributed by atoms with Crippen molar-refractivity contribution in [3.63, 3.8) is 0 Å². The third-order valence-corrected chi connectivity index (χ3v) is 3.91. The summed E-state index contributed by atoms with van der Waals surface area (Å²) in [7, 11) is 0. The molecule has 2 aromatic heterocycles. The van der Waals surface area contributed by atoms with Crippen molar-refractivity contribution in [3.8, 4) is 11.4 Å². The van der Waals surface area contributed by atoms with Gasteiger partial charge in [0.1, 0.15) is 5.82 Å². The number of rotatable bonds is 1. The molecule has 0 aliphatic carbocycles. The molecule has 0 saturated heterocycles. The minimum absolute atomic E-state index is 0.0419. The van der Waals surface area contributed by atoms with E-state index in [9.17, 15) is 0 Å². The number of para-hydroxylation sites is 2. The zero-order chi connectivity index (χ0) is 13.6. The molecule has 0 aliphatic heterocycles. The molecule has 4 heteroatoms. The average molecular weight is 271 g/mol. The SMILES string of the molecule is CC(C)(C)n1c(-c2ccsc2N)nc2ccccc21. The number of hydrogen-bond donors (Lipinski definition) is 1. The molecule has 2 heterocycles. The van der Waals surface area contributed by atoms with Crippen molar-refractivity contribution in [1.29, 1.82) is 0 Å². The second kappa shape index (κ2) is 4.10. The van der Waals surface area contributed by atoms with Gasteiger partial charge in [-0.05, 0) is 44.4 Å². The second-order valence-corrected chi connectivity index (χ2v) is 6.58. The predicted octanol–water partition coefficient (Wildman–Crippen LogP) is 4.10. The normalized spacial score (nSPS) is 12.2. The Balaban J connectivity index is 2.39. The van der Waals surface area contributed by atoms with E-state index >= 15 is 0 Å². The van der Waals surface area contributed by atoms with Crippen molar-refractivity contribution in [2.45, 2.75) is 26.3 Å². The molecule has 0 aliphatic rings. The first-order chi connectivity index (χ1) is 8.98. The standard InChI is InChI=1S/C15H17N3S/c1-15(2,3)18-12-7-5-4-6-11(12)17-14(18)10-8-9-19-13(10)16/h4-9H,16H2,1-3H3. The zero-order valence-electron chi connectivity index (χ0n) is 11.3. The van der Waals surface area contributed by atoms with Crippen molar-refractivity contribution < 1.29 is 0 Å². The number of aromatic nitrogens is 2. The average Bonchev–Trinajstić information content (AvgIpc) is 2.90. The predicted molar refractivity (Wildman–Crippen MR) is 82.5 cm³/mol. The smallest absolute Gasteiger partial charge is 0.144 e. The molecule has 0 radical (unpaired) electrons. The Morgan fingerprint density at radius 2 is 1.89 bits per heavy atom. The molecular weight excluding hydrogens is 254 g/mol. The van der Waals surface area contributed by atoms with Crippen molar-refractivity contribution >= 4 is 27.4 Å². The summed E-state index contributed by atoms with van der Waals surface area (Å²) in [5.74, 6) is 0.951. The highest BCUT2D eigenvalue weighted by Crippen LogP contribution is 2.35. The third-order valence-electron chi connectivity index (χ3n) is 3.17. The van der Waals surface area contributed by atoms with Crippen LogP contribution in [-0.4, -0.2) is 9.55 Å². The summed E-state index contributed by atoms with van der Waals surface area (Å²) in [5, 5.41) is 2.83. The summed E-state index contributed by atoms with van der Waals surface area (Å²) in [6.45, 7) is 6.56. The fourth-order valence-electron chi connectivity index (χ4n) is 2.39.